The van der Waals surface area contributed by atoms with Crippen molar-refractivity contribution in [3.05, 3.63) is 120 Å². The molecule has 0 aliphatic rings. The molecule has 0 radical (unpaired) electrons. The van der Waals surface area contributed by atoms with E-state index < -0.39 is 15.9 Å². The Balaban J connectivity index is 1.62. The number of ether oxygens (including phenoxy) is 1. The number of nitrogens with one attached hydrogen (secondary N) is 1. The van der Waals surface area contributed by atoms with Gasteiger partial charge in [0.15, 0.2) is 0 Å². The number of carbonyl (C=O) groups is 1. The number of hydrogen-bond donors (Lipinski definition) is 1. The lowest BCUT2D eigenvalue weighted by Gasteiger charge is -2.15. The minimum atomic E-state index is -3.99. The highest BCUT2D eigenvalue weighted by Crippen LogP contribution is 2.27. The van der Waals surface area contributed by atoms with Gasteiger partial charge in [0, 0.05) is 17.5 Å². The Morgan fingerprint density at radius 1 is 0.758 bits per heavy atom. The number of amides is 1. The fourth-order valence-electron chi connectivity index (χ4n) is 3.64. The van der Waals surface area contributed by atoms with Gasteiger partial charge >= 0.3 is 0 Å². The number of benzene rings is 4. The molecule has 166 valence electrons. The summed E-state index contributed by atoms with van der Waals surface area (Å²) in [7, 11) is -2.47. The van der Waals surface area contributed by atoms with Crippen molar-refractivity contribution in [2.75, 3.05) is 7.11 Å². The average molecular weight is 458 g/mol. The molecule has 0 saturated carbocycles. The smallest absolute Gasteiger partial charge is 0.265 e. The Morgan fingerprint density at radius 2 is 1.36 bits per heavy atom. The fourth-order valence-corrected chi connectivity index (χ4v) is 4.62. The quantitative estimate of drug-likeness (QED) is 0.420. The van der Waals surface area contributed by atoms with E-state index in [0.29, 0.717) is 17.7 Å². The zero-order chi connectivity index (χ0) is 23.3. The largest absolute Gasteiger partial charge is 0.496 e. The van der Waals surface area contributed by atoms with E-state index >= 15 is 0 Å². The maximum absolute atomic E-state index is 13.0. The molecule has 1 N–H and O–H groups in total. The molecule has 0 aliphatic carbocycles. The molecule has 0 aromatic heterocycles. The predicted octanol–water partition coefficient (Wildman–Crippen LogP) is 5.07. The molecular weight excluding hydrogens is 434 g/mol. The normalized spacial score (nSPS) is 11.1. The first kappa shape index (κ1) is 22.3. The van der Waals surface area contributed by atoms with Crippen molar-refractivity contribution in [2.24, 2.45) is 0 Å². The summed E-state index contributed by atoms with van der Waals surface area (Å²) in [5.74, 6) is -0.180. The molecular formula is C27H23NO4S. The summed E-state index contributed by atoms with van der Waals surface area (Å²) in [6, 6.07) is 30.9. The molecule has 0 atom stereocenters. The molecule has 0 heterocycles. The van der Waals surface area contributed by atoms with Gasteiger partial charge in [-0.25, -0.2) is 13.1 Å². The second-order valence-corrected chi connectivity index (χ2v) is 9.16. The summed E-state index contributed by atoms with van der Waals surface area (Å²) in [5, 5.41) is 0. The number of sulfonamides is 1. The van der Waals surface area contributed by atoms with Crippen molar-refractivity contribution in [2.45, 2.75) is 11.3 Å². The van der Waals surface area contributed by atoms with E-state index in [9.17, 15) is 13.2 Å². The van der Waals surface area contributed by atoms with Gasteiger partial charge in [-0.05, 0) is 41.0 Å². The Kier molecular flexibility index (Phi) is 6.56. The van der Waals surface area contributed by atoms with Crippen LogP contribution in [0.5, 0.6) is 5.75 Å². The zero-order valence-electron chi connectivity index (χ0n) is 18.1. The third-order valence-corrected chi connectivity index (χ3v) is 6.67. The molecule has 6 heteroatoms. The van der Waals surface area contributed by atoms with Crippen LogP contribution in [-0.2, 0) is 16.4 Å². The van der Waals surface area contributed by atoms with Crippen LogP contribution < -0.4 is 9.46 Å². The van der Waals surface area contributed by atoms with Gasteiger partial charge in [-0.1, -0.05) is 78.9 Å². The summed E-state index contributed by atoms with van der Waals surface area (Å²) >= 11 is 0. The van der Waals surface area contributed by atoms with Gasteiger partial charge in [0.25, 0.3) is 15.9 Å². The van der Waals surface area contributed by atoms with Crippen LogP contribution in [0.4, 0.5) is 0 Å². The molecule has 0 fully saturated rings. The minimum Gasteiger partial charge on any atom is -0.496 e. The van der Waals surface area contributed by atoms with E-state index in [-0.39, 0.29) is 10.5 Å². The van der Waals surface area contributed by atoms with Crippen LogP contribution in [0.1, 0.15) is 21.5 Å². The Labute approximate surface area is 193 Å². The minimum absolute atomic E-state index is 0.0271. The topological polar surface area (TPSA) is 72.5 Å². The first-order valence-electron chi connectivity index (χ1n) is 10.4. The SMILES string of the molecule is COc1cccc(C(=O)NS(=O)(=O)c2ccccc2)c1Cc1ccc(-c2ccccc2)cc1. The number of carbonyl (C=O) groups excluding carboxylic acids is 1. The summed E-state index contributed by atoms with van der Waals surface area (Å²) in [6.45, 7) is 0. The second-order valence-electron chi connectivity index (χ2n) is 7.47. The molecule has 0 unspecified atom stereocenters. The van der Waals surface area contributed by atoms with E-state index in [4.69, 9.17) is 4.74 Å². The lowest BCUT2D eigenvalue weighted by atomic mass is 9.96. The lowest BCUT2D eigenvalue weighted by Crippen LogP contribution is -2.31. The van der Waals surface area contributed by atoms with Gasteiger partial charge in [0.1, 0.15) is 5.75 Å². The maximum Gasteiger partial charge on any atom is 0.265 e. The van der Waals surface area contributed by atoms with Crippen molar-refractivity contribution >= 4 is 15.9 Å². The molecule has 1 amide bonds. The third kappa shape index (κ3) is 5.13. The van der Waals surface area contributed by atoms with Gasteiger partial charge in [-0.15, -0.1) is 0 Å². The standard InChI is InChI=1S/C27H23NO4S/c1-32-26-14-8-13-24(27(29)28-33(30,31)23-11-6-3-7-12-23)25(26)19-20-15-17-22(18-16-20)21-9-4-2-5-10-21/h2-18H,19H2,1H3,(H,28,29). The van der Waals surface area contributed by atoms with Crippen LogP contribution in [0, 0.1) is 0 Å². The van der Waals surface area contributed by atoms with E-state index in [1.807, 2.05) is 54.6 Å². The van der Waals surface area contributed by atoms with Gasteiger partial charge < -0.3 is 4.74 Å². The second kappa shape index (κ2) is 9.71. The van der Waals surface area contributed by atoms with Crippen LogP contribution in [0.25, 0.3) is 11.1 Å². The highest BCUT2D eigenvalue weighted by atomic mass is 32.2. The van der Waals surface area contributed by atoms with Crippen molar-refractivity contribution < 1.29 is 17.9 Å². The van der Waals surface area contributed by atoms with Gasteiger partial charge in [-0.2, -0.15) is 0 Å². The maximum atomic E-state index is 13.0. The molecule has 0 bridgehead atoms. The first-order valence-corrected chi connectivity index (χ1v) is 11.9. The third-order valence-electron chi connectivity index (χ3n) is 5.32. The van der Waals surface area contributed by atoms with Crippen LogP contribution in [0.15, 0.2) is 108 Å². The molecule has 4 aromatic carbocycles. The van der Waals surface area contributed by atoms with E-state index in [2.05, 4.69) is 4.72 Å². The summed E-state index contributed by atoms with van der Waals surface area (Å²) in [4.78, 5) is 13.0. The average Bonchev–Trinajstić information content (AvgIpc) is 2.85. The van der Waals surface area contributed by atoms with Crippen molar-refractivity contribution in [3.8, 4) is 16.9 Å². The Hall–Kier alpha value is -3.90. The summed E-state index contributed by atoms with van der Waals surface area (Å²) in [6.07, 6.45) is 0.410. The Bertz CT molecular complexity index is 1350. The van der Waals surface area contributed by atoms with Gasteiger partial charge in [-0.3, -0.25) is 4.79 Å². The van der Waals surface area contributed by atoms with Crippen LogP contribution in [-0.4, -0.2) is 21.4 Å². The zero-order valence-corrected chi connectivity index (χ0v) is 18.9. The molecule has 4 rings (SSSR count). The molecule has 0 spiro atoms. The monoisotopic (exact) mass is 457 g/mol. The first-order chi connectivity index (χ1) is 16.0. The number of methoxy groups -OCH3 is 1. The number of hydrogen-bond acceptors (Lipinski definition) is 4. The van der Waals surface area contributed by atoms with Gasteiger partial charge in [0.2, 0.25) is 0 Å². The highest BCUT2D eigenvalue weighted by molar-refractivity contribution is 7.90. The van der Waals surface area contributed by atoms with Crippen LogP contribution in [0.3, 0.4) is 0 Å². The van der Waals surface area contributed by atoms with Crippen LogP contribution in [0.2, 0.25) is 0 Å². The summed E-state index contributed by atoms with van der Waals surface area (Å²) in [5.41, 5.74) is 4.05. The van der Waals surface area contributed by atoms with Crippen molar-refractivity contribution in [1.29, 1.82) is 0 Å². The number of rotatable bonds is 7. The highest BCUT2D eigenvalue weighted by Gasteiger charge is 2.22. The summed E-state index contributed by atoms with van der Waals surface area (Å²) < 4.78 is 33.0. The van der Waals surface area contributed by atoms with E-state index in [0.717, 1.165) is 16.7 Å². The van der Waals surface area contributed by atoms with Crippen molar-refractivity contribution in [3.63, 3.8) is 0 Å². The predicted molar refractivity (Wildman–Crippen MR) is 129 cm³/mol. The molecule has 0 saturated heterocycles. The van der Waals surface area contributed by atoms with Gasteiger partial charge in [0.05, 0.1) is 12.0 Å². The molecule has 5 nitrogen and oxygen atoms in total. The van der Waals surface area contributed by atoms with E-state index in [1.165, 1.54) is 19.2 Å². The Morgan fingerprint density at radius 3 is 2.00 bits per heavy atom. The molecule has 4 aromatic rings. The lowest BCUT2D eigenvalue weighted by molar-refractivity contribution is 0.0980. The van der Waals surface area contributed by atoms with Crippen LogP contribution >= 0.6 is 0 Å². The van der Waals surface area contributed by atoms with Crippen molar-refractivity contribution in [1.82, 2.24) is 4.72 Å². The molecule has 0 aliphatic heterocycles. The fraction of sp³-hybridized carbons (Fsp3) is 0.0741. The van der Waals surface area contributed by atoms with E-state index in [1.54, 1.807) is 36.4 Å². The molecule has 33 heavy (non-hydrogen) atoms.